The Labute approximate surface area is 161 Å². The van der Waals surface area contributed by atoms with Crippen molar-refractivity contribution in [2.75, 3.05) is 19.1 Å². The molecule has 8 heteroatoms. The Morgan fingerprint density at radius 3 is 2.32 bits per heavy atom. The van der Waals surface area contributed by atoms with Gasteiger partial charge in [-0.15, -0.1) is 0 Å². The highest BCUT2D eigenvalue weighted by molar-refractivity contribution is 9.11. The molecule has 0 spiro atoms. The lowest BCUT2D eigenvalue weighted by Crippen LogP contribution is -2.28. The van der Waals surface area contributed by atoms with E-state index >= 15 is 0 Å². The first-order valence-electron chi connectivity index (χ1n) is 7.02. The van der Waals surface area contributed by atoms with Gasteiger partial charge in [-0.3, -0.25) is 0 Å². The first kappa shape index (κ1) is 19.4. The first-order valence-corrected chi connectivity index (χ1v) is 8.61. The average Bonchev–Trinajstić information content (AvgIpc) is 2.81. The Bertz CT molecular complexity index is 830. The molecule has 1 aliphatic heterocycles. The maximum atomic E-state index is 14.9. The third-order valence-electron chi connectivity index (χ3n) is 3.51. The summed E-state index contributed by atoms with van der Waals surface area (Å²) in [6, 6.07) is 1.66. The second kappa shape index (κ2) is 7.97. The van der Waals surface area contributed by atoms with Crippen LogP contribution in [0, 0.1) is 12.7 Å². The summed E-state index contributed by atoms with van der Waals surface area (Å²) in [5.74, 6) is -2.10. The lowest BCUT2D eigenvalue weighted by atomic mass is 10.1. The van der Waals surface area contributed by atoms with Crippen molar-refractivity contribution >= 4 is 49.5 Å². The molecule has 1 aromatic carbocycles. The number of nitrogens with zero attached hydrogens (tertiary/aromatic N) is 1. The molecular weight excluding hydrogens is 461 g/mol. The molecule has 0 saturated carbocycles. The molecule has 2 rings (SSSR count). The van der Waals surface area contributed by atoms with Crippen molar-refractivity contribution in [2.45, 2.75) is 6.92 Å². The molecular formula is C17H14Br2FNO4. The Balaban J connectivity index is 2.81. The molecule has 0 bridgehead atoms. The minimum absolute atomic E-state index is 0.0498. The van der Waals surface area contributed by atoms with Crippen molar-refractivity contribution in [2.24, 2.45) is 0 Å². The van der Waals surface area contributed by atoms with Crippen LogP contribution in [0.2, 0.25) is 0 Å². The number of methoxy groups -OCH3 is 2. The summed E-state index contributed by atoms with van der Waals surface area (Å²) >= 11 is 6.59. The predicted octanol–water partition coefficient (Wildman–Crippen LogP) is 4.15. The quantitative estimate of drug-likeness (QED) is 0.616. The van der Waals surface area contributed by atoms with E-state index in [0.717, 1.165) is 0 Å². The van der Waals surface area contributed by atoms with Crippen LogP contribution in [0.3, 0.4) is 0 Å². The third kappa shape index (κ3) is 3.69. The Kier molecular flexibility index (Phi) is 6.18. The summed E-state index contributed by atoms with van der Waals surface area (Å²) in [6.07, 6.45) is 6.00. The van der Waals surface area contributed by atoms with Crippen LogP contribution in [0.4, 0.5) is 10.1 Å². The maximum absolute atomic E-state index is 14.9. The first-order chi connectivity index (χ1) is 11.8. The van der Waals surface area contributed by atoms with Crippen LogP contribution in [0.5, 0.6) is 0 Å². The number of hydrogen-bond donors (Lipinski definition) is 0. The molecule has 0 radical (unpaired) electrons. The number of allylic oxidation sites excluding steroid dienone is 2. The highest BCUT2D eigenvalue weighted by Gasteiger charge is 2.30. The fourth-order valence-corrected chi connectivity index (χ4v) is 3.54. The van der Waals surface area contributed by atoms with E-state index < -0.39 is 17.8 Å². The molecule has 0 aromatic heterocycles. The molecule has 0 N–H and O–H groups in total. The highest BCUT2D eigenvalue weighted by Crippen LogP contribution is 2.38. The second-order valence-corrected chi connectivity index (χ2v) is 6.65. The van der Waals surface area contributed by atoms with Gasteiger partial charge in [-0.05, 0) is 41.1 Å². The normalized spacial score (nSPS) is 13.8. The topological polar surface area (TPSA) is 55.8 Å². The van der Waals surface area contributed by atoms with Gasteiger partial charge < -0.3 is 14.4 Å². The highest BCUT2D eigenvalue weighted by atomic mass is 79.9. The van der Waals surface area contributed by atoms with Crippen LogP contribution >= 0.6 is 31.9 Å². The molecule has 132 valence electrons. The maximum Gasteiger partial charge on any atom is 0.355 e. The number of rotatable bonds is 3. The van der Waals surface area contributed by atoms with E-state index in [9.17, 15) is 14.0 Å². The molecule has 0 fully saturated rings. The summed E-state index contributed by atoms with van der Waals surface area (Å²) in [7, 11) is 2.37. The van der Waals surface area contributed by atoms with Gasteiger partial charge in [0.05, 0.1) is 25.5 Å². The second-order valence-electron chi connectivity index (χ2n) is 4.94. The minimum Gasteiger partial charge on any atom is -0.465 e. The van der Waals surface area contributed by atoms with E-state index in [1.807, 2.05) is 0 Å². The molecule has 1 heterocycles. The fraction of sp³-hybridized carbons (Fsp3) is 0.176. The lowest BCUT2D eigenvalue weighted by molar-refractivity contribution is -0.139. The Morgan fingerprint density at radius 2 is 1.72 bits per heavy atom. The van der Waals surface area contributed by atoms with Crippen molar-refractivity contribution in [3.63, 3.8) is 0 Å². The number of ether oxygens (including phenoxy) is 2. The van der Waals surface area contributed by atoms with E-state index in [1.54, 1.807) is 25.1 Å². The summed E-state index contributed by atoms with van der Waals surface area (Å²) in [5.41, 5.74) is 0.224. The zero-order valence-corrected chi connectivity index (χ0v) is 16.8. The van der Waals surface area contributed by atoms with E-state index in [1.165, 1.54) is 31.4 Å². The number of hydrogen-bond acceptors (Lipinski definition) is 5. The van der Waals surface area contributed by atoms with Gasteiger partial charge in [-0.1, -0.05) is 22.0 Å². The predicted molar refractivity (Wildman–Crippen MR) is 98.4 cm³/mol. The van der Waals surface area contributed by atoms with E-state index in [-0.39, 0.29) is 17.0 Å². The van der Waals surface area contributed by atoms with Crippen molar-refractivity contribution in [1.29, 1.82) is 0 Å². The van der Waals surface area contributed by atoms with E-state index in [4.69, 9.17) is 9.47 Å². The summed E-state index contributed by atoms with van der Waals surface area (Å²) in [4.78, 5) is 25.7. The van der Waals surface area contributed by atoms with Gasteiger partial charge in [-0.25, -0.2) is 14.0 Å². The third-order valence-corrected chi connectivity index (χ3v) is 4.93. The molecule has 0 unspecified atom stereocenters. The fourth-order valence-electron chi connectivity index (χ4n) is 2.23. The van der Waals surface area contributed by atoms with E-state index in [2.05, 4.69) is 31.9 Å². The summed E-state index contributed by atoms with van der Waals surface area (Å²) in [5, 5.41) is 0. The monoisotopic (exact) mass is 473 g/mol. The molecule has 1 aliphatic rings. The van der Waals surface area contributed by atoms with E-state index in [0.29, 0.717) is 14.5 Å². The van der Waals surface area contributed by atoms with Gasteiger partial charge in [0.2, 0.25) is 0 Å². The molecule has 0 saturated heterocycles. The number of carbonyl (C=O) groups excluding carboxylic acids is 2. The zero-order valence-electron chi connectivity index (χ0n) is 13.6. The van der Waals surface area contributed by atoms with Crippen LogP contribution in [-0.2, 0) is 19.1 Å². The van der Waals surface area contributed by atoms with Gasteiger partial charge in [0, 0.05) is 20.7 Å². The number of benzene rings is 1. The molecule has 5 nitrogen and oxygen atoms in total. The molecule has 0 atom stereocenters. The number of anilines is 1. The largest absolute Gasteiger partial charge is 0.465 e. The minimum atomic E-state index is -0.802. The van der Waals surface area contributed by atoms with Gasteiger partial charge in [0.15, 0.2) is 5.82 Å². The van der Waals surface area contributed by atoms with Crippen molar-refractivity contribution in [3.05, 3.63) is 62.1 Å². The van der Waals surface area contributed by atoms with Crippen LogP contribution in [0.25, 0.3) is 0 Å². The number of halogens is 3. The van der Waals surface area contributed by atoms with Crippen LogP contribution in [0.1, 0.15) is 5.56 Å². The standard InChI is InChI=1S/C17H14Br2FNO4/c1-9-11(18)8-12(19)15(13(9)20)21-7-5-4-6-10(16(22)24-2)14(21)17(23)25-3/h4-8H,1-3H3. The molecule has 0 aliphatic carbocycles. The average molecular weight is 475 g/mol. The van der Waals surface area contributed by atoms with Gasteiger partial charge in [0.25, 0.3) is 0 Å². The van der Waals surface area contributed by atoms with Crippen molar-refractivity contribution in [1.82, 2.24) is 0 Å². The lowest BCUT2D eigenvalue weighted by Gasteiger charge is -2.25. The number of esters is 2. The van der Waals surface area contributed by atoms with Crippen molar-refractivity contribution < 1.29 is 23.5 Å². The molecule has 1 aromatic rings. The SMILES string of the molecule is COC(=O)C1=C(C(=O)OC)N(c2c(Br)cc(Br)c(C)c2F)C=CC=C1. The number of carbonyl (C=O) groups is 2. The Hall–Kier alpha value is -1.93. The van der Waals surface area contributed by atoms with Crippen LogP contribution < -0.4 is 4.90 Å². The van der Waals surface area contributed by atoms with Gasteiger partial charge in [0.1, 0.15) is 5.70 Å². The summed E-state index contributed by atoms with van der Waals surface area (Å²) < 4.78 is 25.4. The molecule has 0 amide bonds. The smallest absolute Gasteiger partial charge is 0.355 e. The van der Waals surface area contributed by atoms with Crippen LogP contribution in [-0.4, -0.2) is 26.2 Å². The van der Waals surface area contributed by atoms with Gasteiger partial charge in [-0.2, -0.15) is 0 Å². The van der Waals surface area contributed by atoms with Crippen LogP contribution in [0.15, 0.2) is 50.7 Å². The van der Waals surface area contributed by atoms with Crippen molar-refractivity contribution in [3.8, 4) is 0 Å². The Morgan fingerprint density at radius 1 is 1.08 bits per heavy atom. The zero-order chi connectivity index (χ0) is 18.7. The summed E-state index contributed by atoms with van der Waals surface area (Å²) in [6.45, 7) is 1.60. The molecule has 25 heavy (non-hydrogen) atoms. The van der Waals surface area contributed by atoms with Gasteiger partial charge >= 0.3 is 11.9 Å².